The predicted octanol–water partition coefficient (Wildman–Crippen LogP) is 6.34. The van der Waals surface area contributed by atoms with Crippen LogP contribution in [-0.2, 0) is 6.54 Å². The number of hydrogen-bond donors (Lipinski definition) is 0. The number of aromatic nitrogens is 1. The monoisotopic (exact) mass is 354 g/mol. The Bertz CT molecular complexity index is 991. The number of aryl methyl sites for hydroxylation is 1. The first kappa shape index (κ1) is 16.6. The molecule has 0 aliphatic heterocycles. The van der Waals surface area contributed by atoms with Crippen LogP contribution in [0.3, 0.4) is 0 Å². The maximum Gasteiger partial charge on any atom is 0.0998 e. The molecule has 1 heterocycles. The Balaban J connectivity index is 2.23. The van der Waals surface area contributed by atoms with Crippen molar-refractivity contribution < 1.29 is 0 Å². The van der Waals surface area contributed by atoms with Crippen LogP contribution >= 0.6 is 23.2 Å². The molecule has 0 fully saturated rings. The minimum atomic E-state index is 0.447. The van der Waals surface area contributed by atoms with Gasteiger partial charge in [0.05, 0.1) is 21.7 Å². The van der Waals surface area contributed by atoms with Gasteiger partial charge < -0.3 is 4.57 Å². The summed E-state index contributed by atoms with van der Waals surface area (Å²) in [6.07, 6.45) is 1.93. The van der Waals surface area contributed by atoms with E-state index in [4.69, 9.17) is 23.2 Å². The average molecular weight is 355 g/mol. The van der Waals surface area contributed by atoms with Crippen molar-refractivity contribution in [3.05, 3.63) is 69.3 Å². The van der Waals surface area contributed by atoms with Crippen LogP contribution in [0, 0.1) is 18.3 Å². The van der Waals surface area contributed by atoms with E-state index in [1.165, 1.54) is 5.52 Å². The molecule has 1 aromatic heterocycles. The molecule has 120 valence electrons. The van der Waals surface area contributed by atoms with Crippen molar-refractivity contribution in [3.8, 4) is 6.07 Å². The second-order valence-corrected chi connectivity index (χ2v) is 6.37. The molecular formula is C20H16Cl2N2. The quantitative estimate of drug-likeness (QED) is 0.504. The number of halogens is 2. The van der Waals surface area contributed by atoms with Gasteiger partial charge in [0, 0.05) is 28.7 Å². The molecule has 4 heteroatoms. The maximum absolute atomic E-state index is 9.63. The summed E-state index contributed by atoms with van der Waals surface area (Å²) in [6.45, 7) is 5.09. The highest BCUT2D eigenvalue weighted by atomic mass is 35.5. The largest absolute Gasteiger partial charge is 0.345 e. The summed E-state index contributed by atoms with van der Waals surface area (Å²) in [4.78, 5) is 0. The minimum Gasteiger partial charge on any atom is -0.345 e. The molecule has 0 atom stereocenters. The van der Waals surface area contributed by atoms with Crippen LogP contribution in [0.15, 0.2) is 42.5 Å². The highest BCUT2D eigenvalue weighted by Gasteiger charge is 2.13. The van der Waals surface area contributed by atoms with Crippen LogP contribution in [-0.4, -0.2) is 4.57 Å². The van der Waals surface area contributed by atoms with Crippen molar-refractivity contribution in [1.82, 2.24) is 4.57 Å². The molecule has 0 unspecified atom stereocenters. The van der Waals surface area contributed by atoms with Crippen molar-refractivity contribution in [2.24, 2.45) is 0 Å². The van der Waals surface area contributed by atoms with Gasteiger partial charge in [0.2, 0.25) is 0 Å². The highest BCUT2D eigenvalue weighted by Crippen LogP contribution is 2.31. The van der Waals surface area contributed by atoms with Gasteiger partial charge in [-0.15, -0.1) is 0 Å². The summed E-state index contributed by atoms with van der Waals surface area (Å²) in [5.41, 5.74) is 4.71. The Labute approximate surface area is 151 Å². The molecule has 2 nitrogen and oxygen atoms in total. The van der Waals surface area contributed by atoms with Gasteiger partial charge in [-0.2, -0.15) is 5.26 Å². The smallest absolute Gasteiger partial charge is 0.0998 e. The van der Waals surface area contributed by atoms with E-state index in [1.807, 2.05) is 24.3 Å². The zero-order valence-corrected chi connectivity index (χ0v) is 15.0. The number of nitrogens with zero attached hydrogens (tertiary/aromatic N) is 2. The highest BCUT2D eigenvalue weighted by molar-refractivity contribution is 6.42. The first-order valence-electron chi connectivity index (χ1n) is 7.71. The number of para-hydroxylation sites is 1. The predicted molar refractivity (Wildman–Crippen MR) is 102 cm³/mol. The number of hydrogen-bond acceptors (Lipinski definition) is 1. The second kappa shape index (κ2) is 6.73. The molecule has 0 aliphatic rings. The summed E-state index contributed by atoms with van der Waals surface area (Å²) in [7, 11) is 0. The summed E-state index contributed by atoms with van der Waals surface area (Å²) in [5, 5.41) is 11.7. The first-order valence-corrected chi connectivity index (χ1v) is 8.47. The molecule has 0 bridgehead atoms. The fraction of sp³-hybridized carbons (Fsp3) is 0.150. The summed E-state index contributed by atoms with van der Waals surface area (Å²) in [6, 6.07) is 15.8. The number of allylic oxidation sites excluding steroid dienone is 1. The van der Waals surface area contributed by atoms with Gasteiger partial charge in [0.25, 0.3) is 0 Å². The zero-order chi connectivity index (χ0) is 17.3. The number of nitriles is 1. The van der Waals surface area contributed by atoms with Crippen molar-refractivity contribution in [2.45, 2.75) is 20.4 Å². The molecule has 0 saturated heterocycles. The minimum absolute atomic E-state index is 0.447. The van der Waals surface area contributed by atoms with Crippen molar-refractivity contribution >= 4 is 45.8 Å². The van der Waals surface area contributed by atoms with E-state index in [1.54, 1.807) is 12.1 Å². The molecule has 24 heavy (non-hydrogen) atoms. The van der Waals surface area contributed by atoms with E-state index < -0.39 is 0 Å². The lowest BCUT2D eigenvalue weighted by atomic mass is 10.0. The van der Waals surface area contributed by atoms with Crippen molar-refractivity contribution in [3.63, 3.8) is 0 Å². The van der Waals surface area contributed by atoms with Crippen LogP contribution in [0.25, 0.3) is 22.6 Å². The van der Waals surface area contributed by atoms with Crippen LogP contribution < -0.4 is 0 Å². The average Bonchev–Trinajstić information content (AvgIpc) is 2.86. The normalized spacial score (nSPS) is 11.7. The van der Waals surface area contributed by atoms with Crippen molar-refractivity contribution in [2.75, 3.05) is 0 Å². The summed E-state index contributed by atoms with van der Waals surface area (Å²) < 4.78 is 2.25. The molecule has 0 aliphatic carbocycles. The molecule has 0 N–H and O–H groups in total. The Morgan fingerprint density at radius 1 is 1.17 bits per heavy atom. The molecule has 0 radical (unpaired) electrons. The molecule has 0 spiro atoms. The van der Waals surface area contributed by atoms with Crippen LogP contribution in [0.5, 0.6) is 0 Å². The standard InChI is InChI=1S/C20H16Cl2N2/c1-3-24-13(2)17(16-6-4-5-7-20(16)24)10-15(12-23)14-8-9-18(21)19(22)11-14/h4-11H,3H2,1-2H3/b15-10+. The molecule has 0 saturated carbocycles. The third-order valence-electron chi connectivity index (χ3n) is 4.24. The zero-order valence-electron chi connectivity index (χ0n) is 13.5. The van der Waals surface area contributed by atoms with E-state index in [-0.39, 0.29) is 0 Å². The van der Waals surface area contributed by atoms with E-state index in [0.717, 1.165) is 28.8 Å². The molecule has 3 rings (SSSR count). The lowest BCUT2D eigenvalue weighted by molar-refractivity contribution is 0.769. The van der Waals surface area contributed by atoms with Gasteiger partial charge in [0.1, 0.15) is 0 Å². The lowest BCUT2D eigenvalue weighted by Gasteiger charge is -2.04. The van der Waals surface area contributed by atoms with Crippen LogP contribution in [0.2, 0.25) is 10.0 Å². The Morgan fingerprint density at radius 3 is 2.58 bits per heavy atom. The first-order chi connectivity index (χ1) is 11.6. The van der Waals surface area contributed by atoms with Crippen LogP contribution in [0.1, 0.15) is 23.7 Å². The van der Waals surface area contributed by atoms with Crippen molar-refractivity contribution in [1.29, 1.82) is 5.26 Å². The van der Waals surface area contributed by atoms with Gasteiger partial charge in [-0.05, 0) is 43.7 Å². The Hall–Kier alpha value is -2.21. The van der Waals surface area contributed by atoms with E-state index in [0.29, 0.717) is 15.6 Å². The second-order valence-electron chi connectivity index (χ2n) is 5.56. The van der Waals surface area contributed by atoms with Gasteiger partial charge in [-0.25, -0.2) is 0 Å². The van der Waals surface area contributed by atoms with Gasteiger partial charge in [-0.1, -0.05) is 47.5 Å². The maximum atomic E-state index is 9.63. The number of benzene rings is 2. The molecule has 0 amide bonds. The summed E-state index contributed by atoms with van der Waals surface area (Å²) in [5.74, 6) is 0. The third kappa shape index (κ3) is 2.82. The van der Waals surface area contributed by atoms with E-state index >= 15 is 0 Å². The Kier molecular flexibility index (Phi) is 4.66. The molecule has 3 aromatic rings. The summed E-state index contributed by atoms with van der Waals surface area (Å²) >= 11 is 12.1. The van der Waals surface area contributed by atoms with E-state index in [9.17, 15) is 5.26 Å². The van der Waals surface area contributed by atoms with Gasteiger partial charge in [0.15, 0.2) is 0 Å². The molecule has 2 aromatic carbocycles. The SMILES string of the molecule is CCn1c(C)c(/C=C(\C#N)c2ccc(Cl)c(Cl)c2)c2ccccc21. The fourth-order valence-electron chi connectivity index (χ4n) is 3.04. The van der Waals surface area contributed by atoms with Gasteiger partial charge >= 0.3 is 0 Å². The van der Waals surface area contributed by atoms with E-state index in [2.05, 4.69) is 36.6 Å². The number of rotatable bonds is 3. The van der Waals surface area contributed by atoms with Gasteiger partial charge in [-0.3, -0.25) is 0 Å². The topological polar surface area (TPSA) is 28.7 Å². The third-order valence-corrected chi connectivity index (χ3v) is 4.97. The van der Waals surface area contributed by atoms with Crippen LogP contribution in [0.4, 0.5) is 0 Å². The lowest BCUT2D eigenvalue weighted by Crippen LogP contribution is -1.96. The molecular weight excluding hydrogens is 339 g/mol. The fourth-order valence-corrected chi connectivity index (χ4v) is 3.33. The Morgan fingerprint density at radius 2 is 1.92 bits per heavy atom. The number of fused-ring (bicyclic) bond motifs is 1.